The van der Waals surface area contributed by atoms with Crippen molar-refractivity contribution in [3.63, 3.8) is 0 Å². The van der Waals surface area contributed by atoms with Crippen molar-refractivity contribution in [2.45, 2.75) is 25.4 Å². The van der Waals surface area contributed by atoms with Crippen molar-refractivity contribution in [2.24, 2.45) is 5.73 Å². The van der Waals surface area contributed by atoms with E-state index in [-0.39, 0.29) is 18.3 Å². The lowest BCUT2D eigenvalue weighted by Crippen LogP contribution is -2.21. The first-order chi connectivity index (χ1) is 6.63. The van der Waals surface area contributed by atoms with Gasteiger partial charge in [-0.1, -0.05) is 19.1 Å². The molecule has 3 heteroatoms. The smallest absolute Gasteiger partial charge is 0.123 e. The van der Waals surface area contributed by atoms with Crippen LogP contribution < -0.4 is 5.73 Å². The molecule has 14 heavy (non-hydrogen) atoms. The largest absolute Gasteiger partial charge is 0.392 e. The number of rotatable bonds is 4. The second-order valence-electron chi connectivity index (χ2n) is 3.58. The standard InChI is InChI=1S/C11H16FNO/c1-8(6-11(14)7-13)9-2-4-10(12)5-3-9/h2-5,8,11,14H,6-7,13H2,1H3. The van der Waals surface area contributed by atoms with Crippen LogP contribution in [0.2, 0.25) is 0 Å². The van der Waals surface area contributed by atoms with Gasteiger partial charge in [0, 0.05) is 6.54 Å². The van der Waals surface area contributed by atoms with E-state index in [0.29, 0.717) is 6.42 Å². The van der Waals surface area contributed by atoms with Gasteiger partial charge in [0.1, 0.15) is 5.82 Å². The van der Waals surface area contributed by atoms with Crippen LogP contribution >= 0.6 is 0 Å². The zero-order chi connectivity index (χ0) is 10.6. The van der Waals surface area contributed by atoms with Crippen LogP contribution in [-0.2, 0) is 0 Å². The Kier molecular flexibility index (Phi) is 4.04. The Morgan fingerprint density at radius 2 is 1.93 bits per heavy atom. The van der Waals surface area contributed by atoms with Crippen LogP contribution in [-0.4, -0.2) is 17.8 Å². The van der Waals surface area contributed by atoms with Crippen molar-refractivity contribution in [3.8, 4) is 0 Å². The Balaban J connectivity index is 2.60. The minimum atomic E-state index is -0.477. The van der Waals surface area contributed by atoms with Crippen molar-refractivity contribution in [2.75, 3.05) is 6.54 Å². The molecule has 0 aliphatic heterocycles. The molecule has 0 amide bonds. The molecule has 1 aromatic rings. The van der Waals surface area contributed by atoms with Crippen molar-refractivity contribution in [1.29, 1.82) is 0 Å². The fourth-order valence-corrected chi connectivity index (χ4v) is 1.43. The van der Waals surface area contributed by atoms with E-state index in [4.69, 9.17) is 5.73 Å². The Bertz CT molecular complexity index is 273. The van der Waals surface area contributed by atoms with Crippen LogP contribution in [0.15, 0.2) is 24.3 Å². The predicted molar refractivity (Wildman–Crippen MR) is 54.5 cm³/mol. The molecule has 0 saturated carbocycles. The van der Waals surface area contributed by atoms with Crippen LogP contribution in [0.5, 0.6) is 0 Å². The van der Waals surface area contributed by atoms with Gasteiger partial charge in [-0.2, -0.15) is 0 Å². The lowest BCUT2D eigenvalue weighted by Gasteiger charge is -2.15. The Hall–Kier alpha value is -0.930. The summed E-state index contributed by atoms with van der Waals surface area (Å²) in [6.45, 7) is 2.26. The van der Waals surface area contributed by atoms with E-state index in [9.17, 15) is 9.50 Å². The summed E-state index contributed by atoms with van der Waals surface area (Å²) in [4.78, 5) is 0. The number of hydrogen-bond acceptors (Lipinski definition) is 2. The Labute approximate surface area is 83.6 Å². The van der Waals surface area contributed by atoms with Crippen molar-refractivity contribution in [1.82, 2.24) is 0 Å². The van der Waals surface area contributed by atoms with Crippen LogP contribution in [0, 0.1) is 5.82 Å². The quantitative estimate of drug-likeness (QED) is 0.770. The molecular formula is C11H16FNO. The van der Waals surface area contributed by atoms with Gasteiger partial charge in [0.2, 0.25) is 0 Å². The summed E-state index contributed by atoms with van der Waals surface area (Å²) in [5.41, 5.74) is 6.34. The lowest BCUT2D eigenvalue weighted by atomic mass is 9.95. The molecule has 1 rings (SSSR count). The highest BCUT2D eigenvalue weighted by Gasteiger charge is 2.10. The van der Waals surface area contributed by atoms with Gasteiger partial charge in [0.05, 0.1) is 6.10 Å². The second kappa shape index (κ2) is 5.08. The third-order valence-electron chi connectivity index (χ3n) is 2.34. The third kappa shape index (κ3) is 3.09. The molecule has 78 valence electrons. The molecule has 0 fully saturated rings. The monoisotopic (exact) mass is 197 g/mol. The summed E-state index contributed by atoms with van der Waals surface area (Å²) in [5, 5.41) is 9.35. The number of hydrogen-bond donors (Lipinski definition) is 2. The first kappa shape index (κ1) is 11.1. The van der Waals surface area contributed by atoms with Crippen molar-refractivity contribution in [3.05, 3.63) is 35.6 Å². The molecule has 0 radical (unpaired) electrons. The highest BCUT2D eigenvalue weighted by atomic mass is 19.1. The molecule has 0 bridgehead atoms. The van der Waals surface area contributed by atoms with E-state index in [1.165, 1.54) is 12.1 Å². The first-order valence-electron chi connectivity index (χ1n) is 4.77. The fraction of sp³-hybridized carbons (Fsp3) is 0.455. The van der Waals surface area contributed by atoms with E-state index in [1.54, 1.807) is 12.1 Å². The van der Waals surface area contributed by atoms with Gasteiger partial charge in [0.15, 0.2) is 0 Å². The molecule has 1 aromatic carbocycles. The molecule has 2 nitrogen and oxygen atoms in total. The van der Waals surface area contributed by atoms with Gasteiger partial charge in [-0.25, -0.2) is 4.39 Å². The zero-order valence-corrected chi connectivity index (χ0v) is 8.28. The Morgan fingerprint density at radius 3 is 2.43 bits per heavy atom. The SMILES string of the molecule is CC(CC(O)CN)c1ccc(F)cc1. The van der Waals surface area contributed by atoms with Crippen LogP contribution in [0.1, 0.15) is 24.8 Å². The highest BCUT2D eigenvalue weighted by Crippen LogP contribution is 2.20. The van der Waals surface area contributed by atoms with Gasteiger partial charge < -0.3 is 10.8 Å². The topological polar surface area (TPSA) is 46.2 Å². The van der Waals surface area contributed by atoms with E-state index in [2.05, 4.69) is 0 Å². The summed E-state index contributed by atoms with van der Waals surface area (Å²) < 4.78 is 12.6. The maximum absolute atomic E-state index is 12.6. The molecule has 2 atom stereocenters. The average molecular weight is 197 g/mol. The van der Waals surface area contributed by atoms with Gasteiger partial charge in [-0.15, -0.1) is 0 Å². The zero-order valence-electron chi connectivity index (χ0n) is 8.28. The fourth-order valence-electron chi connectivity index (χ4n) is 1.43. The number of aliphatic hydroxyl groups is 1. The van der Waals surface area contributed by atoms with E-state index < -0.39 is 6.10 Å². The predicted octanol–water partition coefficient (Wildman–Crippen LogP) is 1.64. The molecular weight excluding hydrogens is 181 g/mol. The minimum Gasteiger partial charge on any atom is -0.392 e. The number of nitrogens with two attached hydrogens (primary N) is 1. The molecule has 3 N–H and O–H groups in total. The number of aliphatic hydroxyl groups excluding tert-OH is 1. The first-order valence-corrected chi connectivity index (χ1v) is 4.77. The minimum absolute atomic E-state index is 0.203. The summed E-state index contributed by atoms with van der Waals surface area (Å²) in [5.74, 6) is -0.0329. The van der Waals surface area contributed by atoms with Crippen LogP contribution in [0.3, 0.4) is 0 Å². The molecule has 0 spiro atoms. The maximum Gasteiger partial charge on any atom is 0.123 e. The highest BCUT2D eigenvalue weighted by molar-refractivity contribution is 5.19. The summed E-state index contributed by atoms with van der Waals surface area (Å²) in [6.07, 6.45) is 0.136. The van der Waals surface area contributed by atoms with Crippen molar-refractivity contribution >= 4 is 0 Å². The summed E-state index contributed by atoms with van der Waals surface area (Å²) in [7, 11) is 0. The number of halogens is 1. The maximum atomic E-state index is 12.6. The lowest BCUT2D eigenvalue weighted by molar-refractivity contribution is 0.165. The molecule has 0 heterocycles. The van der Waals surface area contributed by atoms with E-state index in [1.807, 2.05) is 6.92 Å². The number of benzene rings is 1. The van der Waals surface area contributed by atoms with Gasteiger partial charge in [-0.3, -0.25) is 0 Å². The molecule has 0 aromatic heterocycles. The van der Waals surface area contributed by atoms with Crippen molar-refractivity contribution < 1.29 is 9.50 Å². The third-order valence-corrected chi connectivity index (χ3v) is 2.34. The summed E-state index contributed by atoms with van der Waals surface area (Å²) in [6, 6.07) is 6.34. The molecule has 2 unspecified atom stereocenters. The summed E-state index contributed by atoms with van der Waals surface area (Å²) >= 11 is 0. The van der Waals surface area contributed by atoms with E-state index >= 15 is 0 Å². The van der Waals surface area contributed by atoms with E-state index in [0.717, 1.165) is 5.56 Å². The van der Waals surface area contributed by atoms with Gasteiger partial charge in [0.25, 0.3) is 0 Å². The average Bonchev–Trinajstić information content (AvgIpc) is 2.18. The van der Waals surface area contributed by atoms with Crippen LogP contribution in [0.4, 0.5) is 4.39 Å². The Morgan fingerprint density at radius 1 is 1.36 bits per heavy atom. The molecule has 0 aliphatic rings. The second-order valence-corrected chi connectivity index (χ2v) is 3.58. The molecule has 0 saturated heterocycles. The normalized spacial score (nSPS) is 15.1. The van der Waals surface area contributed by atoms with Crippen LogP contribution in [0.25, 0.3) is 0 Å². The molecule has 0 aliphatic carbocycles. The van der Waals surface area contributed by atoms with Gasteiger partial charge in [-0.05, 0) is 30.0 Å². The van der Waals surface area contributed by atoms with Gasteiger partial charge >= 0.3 is 0 Å².